The lowest BCUT2D eigenvalue weighted by molar-refractivity contribution is 0.0370. The maximum absolute atomic E-state index is 11.5. The standard InChI is InChI=1S/C12H11NO2/c1-7-3-9-5-10(6-13)15-12(14)11(9)4-8(7)2/h3-4,10H,5H2,1-2H3. The molecule has 2 rings (SSSR count). The van der Waals surface area contributed by atoms with Gasteiger partial charge in [-0.2, -0.15) is 5.26 Å². The van der Waals surface area contributed by atoms with Crippen molar-refractivity contribution in [1.29, 1.82) is 5.26 Å². The Morgan fingerprint density at radius 1 is 1.40 bits per heavy atom. The summed E-state index contributed by atoms with van der Waals surface area (Å²) in [5, 5.41) is 8.73. The van der Waals surface area contributed by atoms with Gasteiger partial charge in [0.15, 0.2) is 6.10 Å². The molecule has 1 aromatic rings. The van der Waals surface area contributed by atoms with Crippen molar-refractivity contribution in [3.05, 3.63) is 34.4 Å². The van der Waals surface area contributed by atoms with Crippen LogP contribution in [0, 0.1) is 25.2 Å². The summed E-state index contributed by atoms with van der Waals surface area (Å²) in [6.45, 7) is 3.95. The smallest absolute Gasteiger partial charge is 0.339 e. The van der Waals surface area contributed by atoms with E-state index in [0.717, 1.165) is 16.7 Å². The Kier molecular flexibility index (Phi) is 2.20. The van der Waals surface area contributed by atoms with Crippen molar-refractivity contribution >= 4 is 5.97 Å². The second-order valence-corrected chi connectivity index (χ2v) is 3.82. The number of carbonyl (C=O) groups excluding carboxylic acids is 1. The molecule has 0 saturated carbocycles. The molecule has 0 N–H and O–H groups in total. The molecule has 0 fully saturated rings. The fraction of sp³-hybridized carbons (Fsp3) is 0.333. The van der Waals surface area contributed by atoms with Crippen LogP contribution in [-0.4, -0.2) is 12.1 Å². The second-order valence-electron chi connectivity index (χ2n) is 3.82. The Balaban J connectivity index is 2.52. The number of benzene rings is 1. The van der Waals surface area contributed by atoms with Crippen molar-refractivity contribution < 1.29 is 9.53 Å². The van der Waals surface area contributed by atoms with E-state index in [9.17, 15) is 4.79 Å². The topological polar surface area (TPSA) is 50.1 Å². The Morgan fingerprint density at radius 3 is 2.73 bits per heavy atom. The molecule has 0 saturated heterocycles. The van der Waals surface area contributed by atoms with Gasteiger partial charge in [-0.3, -0.25) is 0 Å². The number of nitriles is 1. The second kappa shape index (κ2) is 3.39. The van der Waals surface area contributed by atoms with Gasteiger partial charge < -0.3 is 4.74 Å². The van der Waals surface area contributed by atoms with Gasteiger partial charge in [-0.05, 0) is 36.6 Å². The molecule has 0 bridgehead atoms. The number of hydrogen-bond donors (Lipinski definition) is 0. The average molecular weight is 201 g/mol. The number of cyclic esters (lactones) is 1. The lowest BCUT2D eigenvalue weighted by atomic mass is 9.94. The van der Waals surface area contributed by atoms with Gasteiger partial charge in [0.25, 0.3) is 0 Å². The van der Waals surface area contributed by atoms with Gasteiger partial charge >= 0.3 is 5.97 Å². The first kappa shape index (κ1) is 9.72. The zero-order valence-corrected chi connectivity index (χ0v) is 8.70. The van der Waals surface area contributed by atoms with Crippen LogP contribution >= 0.6 is 0 Å². The first-order valence-corrected chi connectivity index (χ1v) is 4.82. The maximum atomic E-state index is 11.5. The van der Waals surface area contributed by atoms with Gasteiger partial charge in [0.1, 0.15) is 6.07 Å². The Labute approximate surface area is 88.3 Å². The predicted molar refractivity (Wildman–Crippen MR) is 54.4 cm³/mol. The van der Waals surface area contributed by atoms with Crippen LogP contribution in [0.1, 0.15) is 27.0 Å². The molecule has 0 aliphatic carbocycles. The van der Waals surface area contributed by atoms with Gasteiger partial charge in [0.2, 0.25) is 0 Å². The molecule has 76 valence electrons. The molecule has 1 atom stereocenters. The highest BCUT2D eigenvalue weighted by Crippen LogP contribution is 2.23. The van der Waals surface area contributed by atoms with Crippen LogP contribution in [0.2, 0.25) is 0 Å². The number of fused-ring (bicyclic) bond motifs is 1. The molecule has 0 radical (unpaired) electrons. The van der Waals surface area contributed by atoms with Crippen molar-refractivity contribution in [2.24, 2.45) is 0 Å². The van der Waals surface area contributed by atoms with Gasteiger partial charge in [0.05, 0.1) is 5.56 Å². The van der Waals surface area contributed by atoms with Crippen LogP contribution in [0.5, 0.6) is 0 Å². The van der Waals surface area contributed by atoms with Gasteiger partial charge in [-0.15, -0.1) is 0 Å². The van der Waals surface area contributed by atoms with Gasteiger partial charge in [-0.1, -0.05) is 6.07 Å². The molecule has 1 aliphatic rings. The van der Waals surface area contributed by atoms with Crippen LogP contribution < -0.4 is 0 Å². The van der Waals surface area contributed by atoms with Crippen LogP contribution in [0.4, 0.5) is 0 Å². The first-order chi connectivity index (χ1) is 7.11. The van der Waals surface area contributed by atoms with Crippen LogP contribution in [0.3, 0.4) is 0 Å². The number of hydrogen-bond acceptors (Lipinski definition) is 3. The SMILES string of the molecule is Cc1cc2c(cc1C)C(=O)OC(C#N)C2. The van der Waals surface area contributed by atoms with E-state index in [1.807, 2.05) is 32.0 Å². The zero-order valence-electron chi connectivity index (χ0n) is 8.70. The summed E-state index contributed by atoms with van der Waals surface area (Å²) < 4.78 is 4.96. The third-order valence-corrected chi connectivity index (χ3v) is 2.74. The summed E-state index contributed by atoms with van der Waals surface area (Å²) in [5.41, 5.74) is 3.73. The number of ether oxygens (including phenoxy) is 1. The molecular weight excluding hydrogens is 190 g/mol. The number of aryl methyl sites for hydroxylation is 2. The first-order valence-electron chi connectivity index (χ1n) is 4.82. The lowest BCUT2D eigenvalue weighted by Gasteiger charge is -2.20. The van der Waals surface area contributed by atoms with E-state index >= 15 is 0 Å². The number of nitrogens with zero attached hydrogens (tertiary/aromatic N) is 1. The minimum absolute atomic E-state index is 0.383. The molecular formula is C12H11NO2. The van der Waals surface area contributed by atoms with E-state index in [0.29, 0.717) is 12.0 Å². The molecule has 1 unspecified atom stereocenters. The lowest BCUT2D eigenvalue weighted by Crippen LogP contribution is -2.26. The quantitative estimate of drug-likeness (QED) is 0.602. The monoisotopic (exact) mass is 201 g/mol. The molecule has 1 heterocycles. The molecule has 3 heteroatoms. The van der Waals surface area contributed by atoms with Gasteiger partial charge in [-0.25, -0.2) is 4.79 Å². The van der Waals surface area contributed by atoms with Crippen molar-refractivity contribution in [3.63, 3.8) is 0 Å². The highest BCUT2D eigenvalue weighted by Gasteiger charge is 2.26. The summed E-state index contributed by atoms with van der Waals surface area (Å²) in [6, 6.07) is 5.77. The fourth-order valence-electron chi connectivity index (χ4n) is 1.74. The highest BCUT2D eigenvalue weighted by molar-refractivity contribution is 5.92. The summed E-state index contributed by atoms with van der Waals surface area (Å²) in [7, 11) is 0. The highest BCUT2D eigenvalue weighted by atomic mass is 16.5. The third kappa shape index (κ3) is 1.59. The number of carbonyl (C=O) groups is 1. The summed E-state index contributed by atoms with van der Waals surface area (Å²) in [5.74, 6) is -0.383. The van der Waals surface area contributed by atoms with E-state index in [4.69, 9.17) is 10.00 Å². The molecule has 1 aliphatic heterocycles. The zero-order chi connectivity index (χ0) is 11.0. The number of esters is 1. The fourth-order valence-corrected chi connectivity index (χ4v) is 1.74. The largest absolute Gasteiger partial charge is 0.443 e. The average Bonchev–Trinajstić information content (AvgIpc) is 2.21. The minimum atomic E-state index is -0.632. The Hall–Kier alpha value is -1.82. The summed E-state index contributed by atoms with van der Waals surface area (Å²) in [4.78, 5) is 11.5. The van der Waals surface area contributed by atoms with Gasteiger partial charge in [0, 0.05) is 6.42 Å². The van der Waals surface area contributed by atoms with E-state index < -0.39 is 6.10 Å². The Bertz CT molecular complexity index is 471. The predicted octanol–water partition coefficient (Wildman–Crippen LogP) is 1.91. The van der Waals surface area contributed by atoms with Crippen molar-refractivity contribution in [1.82, 2.24) is 0 Å². The minimum Gasteiger partial charge on any atom is -0.443 e. The van der Waals surface area contributed by atoms with Crippen molar-refractivity contribution in [2.45, 2.75) is 26.4 Å². The number of rotatable bonds is 0. The summed E-state index contributed by atoms with van der Waals surface area (Å²) >= 11 is 0. The van der Waals surface area contributed by atoms with E-state index in [2.05, 4.69) is 0 Å². The molecule has 15 heavy (non-hydrogen) atoms. The third-order valence-electron chi connectivity index (χ3n) is 2.74. The van der Waals surface area contributed by atoms with E-state index in [1.54, 1.807) is 0 Å². The van der Waals surface area contributed by atoms with E-state index in [1.165, 1.54) is 0 Å². The summed E-state index contributed by atoms with van der Waals surface area (Å²) in [6.07, 6.45) is -0.134. The Morgan fingerprint density at radius 2 is 2.07 bits per heavy atom. The van der Waals surface area contributed by atoms with Crippen molar-refractivity contribution in [3.8, 4) is 6.07 Å². The maximum Gasteiger partial charge on any atom is 0.339 e. The molecule has 0 amide bonds. The van der Waals surface area contributed by atoms with E-state index in [-0.39, 0.29) is 5.97 Å². The molecule has 3 nitrogen and oxygen atoms in total. The van der Waals surface area contributed by atoms with Crippen molar-refractivity contribution in [2.75, 3.05) is 0 Å². The van der Waals surface area contributed by atoms with Crippen LogP contribution in [0.15, 0.2) is 12.1 Å². The van der Waals surface area contributed by atoms with Crippen LogP contribution in [0.25, 0.3) is 0 Å². The molecule has 0 aromatic heterocycles. The molecule has 0 spiro atoms. The molecule has 1 aromatic carbocycles. The van der Waals surface area contributed by atoms with Crippen LogP contribution in [-0.2, 0) is 11.2 Å². The normalized spacial score (nSPS) is 19.0.